The molecule has 0 saturated carbocycles. The first-order chi connectivity index (χ1) is 9.20. The Bertz CT molecular complexity index is 412. The van der Waals surface area contributed by atoms with Crippen molar-refractivity contribution in [3.8, 4) is 0 Å². The van der Waals surface area contributed by atoms with Crippen LogP contribution in [-0.4, -0.2) is 30.1 Å². The Balaban J connectivity index is 2.54. The van der Waals surface area contributed by atoms with Crippen LogP contribution in [0.4, 0.5) is 0 Å². The zero-order chi connectivity index (χ0) is 15.3. The van der Waals surface area contributed by atoms with Crippen molar-refractivity contribution in [2.24, 2.45) is 5.92 Å². The highest BCUT2D eigenvalue weighted by molar-refractivity contribution is 6.31. The van der Waals surface area contributed by atoms with Crippen molar-refractivity contribution in [3.63, 3.8) is 0 Å². The molecule has 2 unspecified atom stereocenters. The molecule has 0 aliphatic rings. The predicted molar refractivity (Wildman–Crippen MR) is 89.3 cm³/mol. The first-order valence-electron chi connectivity index (χ1n) is 7.39. The van der Waals surface area contributed by atoms with E-state index < -0.39 is 0 Å². The van der Waals surface area contributed by atoms with Gasteiger partial charge in [0.2, 0.25) is 0 Å². The van der Waals surface area contributed by atoms with Gasteiger partial charge in [0.1, 0.15) is 0 Å². The molecule has 0 spiro atoms. The van der Waals surface area contributed by atoms with Crippen molar-refractivity contribution < 1.29 is 0 Å². The summed E-state index contributed by atoms with van der Waals surface area (Å²) in [5.41, 5.74) is 1.37. The molecule has 0 bridgehead atoms. The average Bonchev–Trinajstić information content (AvgIpc) is 2.36. The standard InChI is InChI=1S/C17H29ClN2/c1-13(11-19-17(3,4)5)14(2)20(6)12-15-9-7-8-10-16(15)18/h7-10,13-14,19H,11-12H2,1-6H3. The van der Waals surface area contributed by atoms with Crippen molar-refractivity contribution in [2.45, 2.75) is 52.7 Å². The number of hydrogen-bond acceptors (Lipinski definition) is 2. The molecule has 0 fully saturated rings. The van der Waals surface area contributed by atoms with E-state index in [2.05, 4.69) is 57.9 Å². The Labute approximate surface area is 129 Å². The number of benzene rings is 1. The highest BCUT2D eigenvalue weighted by atomic mass is 35.5. The molecule has 0 aliphatic heterocycles. The maximum atomic E-state index is 6.23. The molecular formula is C17H29ClN2. The van der Waals surface area contributed by atoms with Gasteiger partial charge in [0.05, 0.1) is 0 Å². The van der Waals surface area contributed by atoms with E-state index in [0.717, 1.165) is 18.1 Å². The molecule has 0 saturated heterocycles. The van der Waals surface area contributed by atoms with Gasteiger partial charge in [-0.3, -0.25) is 4.90 Å². The first-order valence-corrected chi connectivity index (χ1v) is 7.77. The van der Waals surface area contributed by atoms with Gasteiger partial charge in [-0.25, -0.2) is 0 Å². The van der Waals surface area contributed by atoms with E-state index in [-0.39, 0.29) is 5.54 Å². The van der Waals surface area contributed by atoms with E-state index in [0.29, 0.717) is 12.0 Å². The van der Waals surface area contributed by atoms with Gasteiger partial charge < -0.3 is 5.32 Å². The second-order valence-electron chi connectivity index (χ2n) is 6.86. The third kappa shape index (κ3) is 5.82. The van der Waals surface area contributed by atoms with E-state index in [1.165, 1.54) is 5.56 Å². The van der Waals surface area contributed by atoms with Crippen molar-refractivity contribution in [1.29, 1.82) is 0 Å². The lowest BCUT2D eigenvalue weighted by atomic mass is 9.99. The van der Waals surface area contributed by atoms with Crippen molar-refractivity contribution in [3.05, 3.63) is 34.9 Å². The summed E-state index contributed by atoms with van der Waals surface area (Å²) >= 11 is 6.23. The average molecular weight is 297 g/mol. The summed E-state index contributed by atoms with van der Waals surface area (Å²) in [4.78, 5) is 2.37. The SMILES string of the molecule is CC(CNC(C)(C)C)C(C)N(C)Cc1ccccc1Cl. The zero-order valence-electron chi connectivity index (χ0n) is 13.7. The molecule has 0 amide bonds. The largest absolute Gasteiger partial charge is 0.312 e. The summed E-state index contributed by atoms with van der Waals surface area (Å²) in [5, 5.41) is 4.43. The molecule has 2 atom stereocenters. The smallest absolute Gasteiger partial charge is 0.0451 e. The minimum absolute atomic E-state index is 0.176. The molecule has 3 heteroatoms. The number of nitrogens with one attached hydrogen (secondary N) is 1. The van der Waals surface area contributed by atoms with E-state index in [1.807, 2.05) is 18.2 Å². The summed E-state index contributed by atoms with van der Waals surface area (Å²) in [7, 11) is 2.17. The summed E-state index contributed by atoms with van der Waals surface area (Å²) < 4.78 is 0. The molecular weight excluding hydrogens is 268 g/mol. The minimum atomic E-state index is 0.176. The van der Waals surface area contributed by atoms with Crippen molar-refractivity contribution in [2.75, 3.05) is 13.6 Å². The third-order valence-electron chi connectivity index (χ3n) is 3.85. The lowest BCUT2D eigenvalue weighted by Gasteiger charge is -2.32. The van der Waals surface area contributed by atoms with Gasteiger partial charge in [-0.2, -0.15) is 0 Å². The summed E-state index contributed by atoms with van der Waals surface area (Å²) in [6.07, 6.45) is 0. The van der Waals surface area contributed by atoms with Crippen LogP contribution in [0.3, 0.4) is 0 Å². The summed E-state index contributed by atoms with van der Waals surface area (Å²) in [6.45, 7) is 13.1. The third-order valence-corrected chi connectivity index (χ3v) is 4.22. The van der Waals surface area contributed by atoms with E-state index in [1.54, 1.807) is 0 Å². The molecule has 20 heavy (non-hydrogen) atoms. The molecule has 0 aliphatic carbocycles. The van der Waals surface area contributed by atoms with Crippen LogP contribution in [0.2, 0.25) is 5.02 Å². The fourth-order valence-electron chi connectivity index (χ4n) is 2.11. The van der Waals surface area contributed by atoms with Crippen molar-refractivity contribution >= 4 is 11.6 Å². The summed E-state index contributed by atoms with van der Waals surface area (Å²) in [6, 6.07) is 8.58. The van der Waals surface area contributed by atoms with Crippen LogP contribution < -0.4 is 5.32 Å². The van der Waals surface area contributed by atoms with Crippen LogP contribution in [0.5, 0.6) is 0 Å². The molecule has 0 aromatic heterocycles. The molecule has 0 heterocycles. The fourth-order valence-corrected chi connectivity index (χ4v) is 2.31. The van der Waals surface area contributed by atoms with Crippen LogP contribution in [0.25, 0.3) is 0 Å². The van der Waals surface area contributed by atoms with Gasteiger partial charge >= 0.3 is 0 Å². The van der Waals surface area contributed by atoms with Crippen LogP contribution in [0.15, 0.2) is 24.3 Å². The number of nitrogens with zero attached hydrogens (tertiary/aromatic N) is 1. The number of hydrogen-bond donors (Lipinski definition) is 1. The van der Waals surface area contributed by atoms with Crippen molar-refractivity contribution in [1.82, 2.24) is 10.2 Å². The molecule has 114 valence electrons. The molecule has 1 aromatic rings. The maximum absolute atomic E-state index is 6.23. The maximum Gasteiger partial charge on any atom is 0.0451 e. The zero-order valence-corrected chi connectivity index (χ0v) is 14.5. The van der Waals surface area contributed by atoms with Gasteiger partial charge in [-0.1, -0.05) is 36.7 Å². The van der Waals surface area contributed by atoms with Gasteiger partial charge in [0, 0.05) is 23.1 Å². The Morgan fingerprint density at radius 3 is 2.35 bits per heavy atom. The second kappa shape index (κ2) is 7.44. The normalized spacial score (nSPS) is 15.4. The highest BCUT2D eigenvalue weighted by Crippen LogP contribution is 2.19. The van der Waals surface area contributed by atoms with Crippen LogP contribution in [0, 0.1) is 5.92 Å². The van der Waals surface area contributed by atoms with Crippen LogP contribution in [-0.2, 0) is 6.54 Å². The van der Waals surface area contributed by atoms with Gasteiger partial charge in [-0.05, 0) is 58.8 Å². The minimum Gasteiger partial charge on any atom is -0.312 e. The second-order valence-corrected chi connectivity index (χ2v) is 7.26. The molecule has 0 radical (unpaired) electrons. The van der Waals surface area contributed by atoms with Crippen LogP contribution in [0.1, 0.15) is 40.2 Å². The monoisotopic (exact) mass is 296 g/mol. The Kier molecular flexibility index (Phi) is 6.50. The Hall–Kier alpha value is -0.570. The molecule has 1 rings (SSSR count). The first kappa shape index (κ1) is 17.5. The van der Waals surface area contributed by atoms with E-state index in [4.69, 9.17) is 11.6 Å². The molecule has 1 aromatic carbocycles. The quantitative estimate of drug-likeness (QED) is 0.847. The van der Waals surface area contributed by atoms with Gasteiger partial charge in [0.15, 0.2) is 0 Å². The Morgan fingerprint density at radius 1 is 1.20 bits per heavy atom. The lowest BCUT2D eigenvalue weighted by molar-refractivity contribution is 0.182. The number of halogens is 1. The fraction of sp³-hybridized carbons (Fsp3) is 0.647. The summed E-state index contributed by atoms with van der Waals surface area (Å²) in [5.74, 6) is 0.585. The highest BCUT2D eigenvalue weighted by Gasteiger charge is 2.19. The van der Waals surface area contributed by atoms with Gasteiger partial charge in [-0.15, -0.1) is 0 Å². The molecule has 2 nitrogen and oxygen atoms in total. The van der Waals surface area contributed by atoms with E-state index in [9.17, 15) is 0 Å². The van der Waals surface area contributed by atoms with Gasteiger partial charge in [0.25, 0.3) is 0 Å². The van der Waals surface area contributed by atoms with Crippen LogP contribution >= 0.6 is 11.6 Å². The van der Waals surface area contributed by atoms with E-state index >= 15 is 0 Å². The Morgan fingerprint density at radius 2 is 1.80 bits per heavy atom. The lowest BCUT2D eigenvalue weighted by Crippen LogP contribution is -2.44. The molecule has 1 N–H and O–H groups in total. The number of rotatable bonds is 6. The predicted octanol–water partition coefficient (Wildman–Crippen LogP) is 4.18. The topological polar surface area (TPSA) is 15.3 Å².